The minimum atomic E-state index is -3.65. The van der Waals surface area contributed by atoms with Gasteiger partial charge in [0.1, 0.15) is 6.04 Å². The fraction of sp³-hybridized carbons (Fsp3) is 0.231. The summed E-state index contributed by atoms with van der Waals surface area (Å²) in [6.45, 7) is -0.902. The number of amides is 1. The highest BCUT2D eigenvalue weighted by atomic mass is 19.3. The van der Waals surface area contributed by atoms with Gasteiger partial charge in [0.2, 0.25) is 5.78 Å². The first kappa shape index (κ1) is 23.3. The van der Waals surface area contributed by atoms with Gasteiger partial charge in [0.15, 0.2) is 0 Å². The van der Waals surface area contributed by atoms with E-state index in [0.717, 1.165) is 16.7 Å². The second kappa shape index (κ2) is 10.8. The van der Waals surface area contributed by atoms with Crippen molar-refractivity contribution in [3.63, 3.8) is 0 Å². The molecule has 32 heavy (non-hydrogen) atoms. The van der Waals surface area contributed by atoms with Crippen LogP contribution in [0.4, 0.5) is 8.78 Å². The van der Waals surface area contributed by atoms with Crippen LogP contribution in [0, 0.1) is 0 Å². The quantitative estimate of drug-likeness (QED) is 0.484. The summed E-state index contributed by atoms with van der Waals surface area (Å²) in [5, 5.41) is 11.7. The Morgan fingerprint density at radius 3 is 2.00 bits per heavy atom. The molecule has 2 N–H and O–H groups in total. The summed E-state index contributed by atoms with van der Waals surface area (Å²) in [6, 6.07) is 23.6. The van der Waals surface area contributed by atoms with E-state index in [2.05, 4.69) is 5.32 Å². The lowest BCUT2D eigenvalue weighted by Crippen LogP contribution is -2.50. The van der Waals surface area contributed by atoms with Gasteiger partial charge in [-0.25, -0.2) is 0 Å². The normalized spacial score (nSPS) is 12.2. The maximum absolute atomic E-state index is 14.4. The number of hydrogen-bond acceptors (Lipinski definition) is 3. The number of ketones is 1. The topological polar surface area (TPSA) is 66.4 Å². The Hall–Kier alpha value is -3.38. The average molecular weight is 437 g/mol. The number of nitrogens with one attached hydrogen (secondary N) is 1. The highest BCUT2D eigenvalue weighted by molar-refractivity contribution is 6.00. The number of carbonyl (C=O) groups excluding carboxylic acids is 2. The third kappa shape index (κ3) is 6.08. The summed E-state index contributed by atoms with van der Waals surface area (Å²) >= 11 is 0. The lowest BCUT2D eigenvalue weighted by molar-refractivity contribution is -0.147. The van der Waals surface area contributed by atoms with Gasteiger partial charge in [0.05, 0.1) is 6.61 Å². The summed E-state index contributed by atoms with van der Waals surface area (Å²) in [7, 11) is 0. The molecular formula is C26H25F2NO3. The Morgan fingerprint density at radius 1 is 0.844 bits per heavy atom. The van der Waals surface area contributed by atoms with Gasteiger partial charge in [0, 0.05) is 12.0 Å². The Kier molecular flexibility index (Phi) is 7.84. The highest BCUT2D eigenvalue weighted by Crippen LogP contribution is 2.25. The SMILES string of the molecule is O=C(NC(CO)C(=O)C(F)(F)CCCc1ccccc1)c1ccc(-c2ccccc2)cc1. The number of aliphatic hydroxyl groups is 1. The molecule has 3 rings (SSSR count). The van der Waals surface area contributed by atoms with Crippen molar-refractivity contribution in [1.82, 2.24) is 5.32 Å². The van der Waals surface area contributed by atoms with Crippen molar-refractivity contribution in [2.45, 2.75) is 31.2 Å². The molecule has 4 nitrogen and oxygen atoms in total. The third-order valence-corrected chi connectivity index (χ3v) is 5.22. The van der Waals surface area contributed by atoms with Crippen molar-refractivity contribution in [3.8, 4) is 11.1 Å². The van der Waals surface area contributed by atoms with Gasteiger partial charge in [-0.1, -0.05) is 72.8 Å². The van der Waals surface area contributed by atoms with Crippen molar-refractivity contribution in [2.24, 2.45) is 0 Å². The summed E-state index contributed by atoms with van der Waals surface area (Å²) in [5.74, 6) is -5.83. The van der Waals surface area contributed by atoms with E-state index >= 15 is 0 Å². The van der Waals surface area contributed by atoms with Crippen LogP contribution in [0.25, 0.3) is 11.1 Å². The maximum atomic E-state index is 14.4. The van der Waals surface area contributed by atoms with Crippen LogP contribution in [-0.4, -0.2) is 35.4 Å². The molecule has 1 amide bonds. The Labute approximate surface area is 185 Å². The van der Waals surface area contributed by atoms with Gasteiger partial charge in [-0.05, 0) is 41.7 Å². The standard InChI is InChI=1S/C26H25F2NO3/c27-26(28,17-7-10-19-8-3-1-4-9-19)24(31)23(18-30)29-25(32)22-15-13-21(14-16-22)20-11-5-2-6-12-20/h1-6,8-9,11-16,23,30H,7,10,17-18H2,(H,29,32). The Morgan fingerprint density at radius 2 is 1.41 bits per heavy atom. The zero-order valence-electron chi connectivity index (χ0n) is 17.5. The van der Waals surface area contributed by atoms with Crippen LogP contribution in [0.2, 0.25) is 0 Å². The van der Waals surface area contributed by atoms with E-state index in [1.54, 1.807) is 24.3 Å². The number of hydrogen-bond donors (Lipinski definition) is 2. The van der Waals surface area contributed by atoms with Crippen molar-refractivity contribution in [3.05, 3.63) is 96.1 Å². The molecule has 0 aliphatic rings. The molecule has 0 fully saturated rings. The second-order valence-corrected chi connectivity index (χ2v) is 7.56. The Bertz CT molecular complexity index is 1020. The van der Waals surface area contributed by atoms with Crippen LogP contribution in [0.5, 0.6) is 0 Å². The van der Waals surface area contributed by atoms with Gasteiger partial charge in [-0.15, -0.1) is 0 Å². The number of alkyl halides is 2. The van der Waals surface area contributed by atoms with Crippen LogP contribution in [0.3, 0.4) is 0 Å². The molecule has 166 valence electrons. The van der Waals surface area contributed by atoms with Crippen molar-refractivity contribution < 1.29 is 23.5 Å². The van der Waals surface area contributed by atoms with Crippen LogP contribution in [-0.2, 0) is 11.2 Å². The number of rotatable bonds is 10. The summed E-state index contributed by atoms with van der Waals surface area (Å²) in [5.41, 5.74) is 2.98. The van der Waals surface area contributed by atoms with E-state index in [9.17, 15) is 23.5 Å². The van der Waals surface area contributed by atoms with E-state index in [-0.39, 0.29) is 12.0 Å². The number of carbonyl (C=O) groups is 2. The van der Waals surface area contributed by atoms with E-state index in [1.807, 2.05) is 60.7 Å². The number of benzene rings is 3. The molecule has 0 heterocycles. The molecule has 0 saturated carbocycles. The number of Topliss-reactive ketones (excluding diaryl/α,β-unsaturated/α-hetero) is 1. The van der Waals surface area contributed by atoms with Gasteiger partial charge < -0.3 is 10.4 Å². The molecule has 6 heteroatoms. The van der Waals surface area contributed by atoms with Crippen LogP contribution in [0.15, 0.2) is 84.9 Å². The lowest BCUT2D eigenvalue weighted by atomic mass is 9.99. The van der Waals surface area contributed by atoms with E-state index < -0.39 is 36.7 Å². The van der Waals surface area contributed by atoms with Gasteiger partial charge in [0.25, 0.3) is 5.91 Å². The van der Waals surface area contributed by atoms with E-state index in [1.165, 1.54) is 0 Å². The first-order chi connectivity index (χ1) is 15.4. The summed E-state index contributed by atoms with van der Waals surface area (Å²) < 4.78 is 28.9. The van der Waals surface area contributed by atoms with Crippen molar-refractivity contribution >= 4 is 11.7 Å². The molecule has 0 radical (unpaired) electrons. The van der Waals surface area contributed by atoms with Crippen LogP contribution < -0.4 is 5.32 Å². The highest BCUT2D eigenvalue weighted by Gasteiger charge is 2.42. The minimum Gasteiger partial charge on any atom is -0.394 e. The molecule has 1 unspecified atom stereocenters. The number of halogens is 2. The molecule has 0 saturated heterocycles. The monoisotopic (exact) mass is 437 g/mol. The zero-order chi connectivity index (χ0) is 23.0. The second-order valence-electron chi connectivity index (χ2n) is 7.56. The fourth-order valence-corrected chi connectivity index (χ4v) is 3.42. The zero-order valence-corrected chi connectivity index (χ0v) is 17.5. The number of aliphatic hydroxyl groups excluding tert-OH is 1. The smallest absolute Gasteiger partial charge is 0.307 e. The molecule has 0 aliphatic carbocycles. The minimum absolute atomic E-state index is 0.107. The lowest BCUT2D eigenvalue weighted by Gasteiger charge is -2.22. The summed E-state index contributed by atoms with van der Waals surface area (Å²) in [4.78, 5) is 24.8. The van der Waals surface area contributed by atoms with Crippen LogP contribution in [0.1, 0.15) is 28.8 Å². The van der Waals surface area contributed by atoms with Gasteiger partial charge in [-0.3, -0.25) is 9.59 Å². The van der Waals surface area contributed by atoms with Gasteiger partial charge in [-0.2, -0.15) is 8.78 Å². The first-order valence-corrected chi connectivity index (χ1v) is 10.4. The first-order valence-electron chi connectivity index (χ1n) is 10.4. The molecule has 3 aromatic carbocycles. The van der Waals surface area contributed by atoms with E-state index in [0.29, 0.717) is 6.42 Å². The molecular weight excluding hydrogens is 412 g/mol. The predicted molar refractivity (Wildman–Crippen MR) is 120 cm³/mol. The molecule has 0 aromatic heterocycles. The average Bonchev–Trinajstić information content (AvgIpc) is 2.83. The summed E-state index contributed by atoms with van der Waals surface area (Å²) in [6.07, 6.45) is -0.137. The predicted octanol–water partition coefficient (Wildman–Crippen LogP) is 4.67. The van der Waals surface area contributed by atoms with Gasteiger partial charge >= 0.3 is 5.92 Å². The molecule has 0 spiro atoms. The molecule has 3 aromatic rings. The molecule has 0 bridgehead atoms. The third-order valence-electron chi connectivity index (χ3n) is 5.22. The maximum Gasteiger partial charge on any atom is 0.307 e. The fourth-order valence-electron chi connectivity index (χ4n) is 3.42. The Balaban J connectivity index is 1.59. The largest absolute Gasteiger partial charge is 0.394 e. The van der Waals surface area contributed by atoms with Crippen molar-refractivity contribution in [2.75, 3.05) is 6.61 Å². The van der Waals surface area contributed by atoms with E-state index in [4.69, 9.17) is 0 Å². The molecule has 1 atom stereocenters. The molecule has 0 aliphatic heterocycles. The van der Waals surface area contributed by atoms with Crippen LogP contribution >= 0.6 is 0 Å². The van der Waals surface area contributed by atoms with Crippen molar-refractivity contribution in [1.29, 1.82) is 0 Å². The number of aryl methyl sites for hydroxylation is 1.